The first-order chi connectivity index (χ1) is 10.2. The number of urea groups is 1. The van der Waals surface area contributed by atoms with E-state index >= 15 is 0 Å². The highest BCUT2D eigenvalue weighted by molar-refractivity contribution is 7.13. The predicted molar refractivity (Wildman–Crippen MR) is 78.7 cm³/mol. The quantitative estimate of drug-likeness (QED) is 0.886. The van der Waals surface area contributed by atoms with Crippen molar-refractivity contribution in [3.63, 3.8) is 0 Å². The number of thiazole rings is 1. The molecule has 0 unspecified atom stereocenters. The summed E-state index contributed by atoms with van der Waals surface area (Å²) < 4.78 is 10.3. The van der Waals surface area contributed by atoms with Crippen LogP contribution in [0.15, 0.2) is 9.90 Å². The van der Waals surface area contributed by atoms with E-state index in [-0.39, 0.29) is 6.03 Å². The van der Waals surface area contributed by atoms with E-state index in [9.17, 15) is 4.79 Å². The molecule has 0 spiro atoms. The van der Waals surface area contributed by atoms with E-state index in [0.29, 0.717) is 29.0 Å². The molecule has 2 aromatic heterocycles. The van der Waals surface area contributed by atoms with Gasteiger partial charge in [0.1, 0.15) is 11.4 Å². The third kappa shape index (κ3) is 3.22. The number of hydrogen-bond acceptors (Lipinski definition) is 6. The van der Waals surface area contributed by atoms with Crippen LogP contribution in [0.5, 0.6) is 0 Å². The van der Waals surface area contributed by atoms with Crippen LogP contribution in [0.4, 0.5) is 15.6 Å². The fraction of sp³-hybridized carbons (Fsp3) is 0.462. The van der Waals surface area contributed by atoms with Crippen LogP contribution in [0.1, 0.15) is 35.9 Å². The fourth-order valence-corrected chi connectivity index (χ4v) is 2.67. The van der Waals surface area contributed by atoms with E-state index in [4.69, 9.17) is 9.26 Å². The molecular formula is C13H16N4O3S. The van der Waals surface area contributed by atoms with Crippen LogP contribution in [0, 0.1) is 6.92 Å². The van der Waals surface area contributed by atoms with Crippen LogP contribution in [0.2, 0.25) is 0 Å². The molecule has 2 heterocycles. The standard InChI is InChI=1S/C13H16N4O3S/c1-7-10(11(20-17-7)8-3-4-8)15-12(18)16-13-14-9(5-19-2)6-21-13/h6,8H,3-5H2,1-2H3,(H2,14,15,16,18). The summed E-state index contributed by atoms with van der Waals surface area (Å²) >= 11 is 1.36. The molecule has 8 heteroatoms. The van der Waals surface area contributed by atoms with Gasteiger partial charge in [-0.1, -0.05) is 5.16 Å². The maximum absolute atomic E-state index is 12.0. The number of carbonyl (C=O) groups excluding carboxylic acids is 1. The van der Waals surface area contributed by atoms with Crippen molar-refractivity contribution in [2.45, 2.75) is 32.3 Å². The largest absolute Gasteiger partial charge is 0.378 e. The molecule has 2 N–H and O–H groups in total. The molecule has 2 aromatic rings. The minimum atomic E-state index is -0.346. The first kappa shape index (κ1) is 14.0. The number of aromatic nitrogens is 2. The lowest BCUT2D eigenvalue weighted by Gasteiger charge is -2.05. The second-order valence-corrected chi connectivity index (χ2v) is 5.80. The molecule has 1 fully saturated rings. The van der Waals surface area contributed by atoms with Crippen molar-refractivity contribution in [1.29, 1.82) is 0 Å². The number of hydrogen-bond donors (Lipinski definition) is 2. The Balaban J connectivity index is 1.64. The molecule has 0 aliphatic heterocycles. The number of nitrogens with one attached hydrogen (secondary N) is 2. The summed E-state index contributed by atoms with van der Waals surface area (Å²) in [4.78, 5) is 16.3. The summed E-state index contributed by atoms with van der Waals surface area (Å²) in [5, 5.41) is 11.8. The Morgan fingerprint density at radius 1 is 1.52 bits per heavy atom. The number of carbonyl (C=O) groups is 1. The average Bonchev–Trinajstić information content (AvgIpc) is 3.10. The summed E-state index contributed by atoms with van der Waals surface area (Å²) in [6, 6.07) is -0.346. The Morgan fingerprint density at radius 3 is 3.05 bits per heavy atom. The Bertz CT molecular complexity index is 648. The number of rotatable bonds is 5. The van der Waals surface area contributed by atoms with Crippen molar-refractivity contribution in [2.24, 2.45) is 0 Å². The zero-order valence-electron chi connectivity index (χ0n) is 11.8. The van der Waals surface area contributed by atoms with Gasteiger partial charge in [-0.15, -0.1) is 11.3 Å². The number of aryl methyl sites for hydroxylation is 1. The lowest BCUT2D eigenvalue weighted by Crippen LogP contribution is -2.20. The zero-order chi connectivity index (χ0) is 14.8. The van der Waals surface area contributed by atoms with Crippen molar-refractivity contribution in [2.75, 3.05) is 17.7 Å². The van der Waals surface area contributed by atoms with Gasteiger partial charge >= 0.3 is 6.03 Å². The van der Waals surface area contributed by atoms with Crippen molar-refractivity contribution in [1.82, 2.24) is 10.1 Å². The zero-order valence-corrected chi connectivity index (χ0v) is 12.6. The van der Waals surface area contributed by atoms with Gasteiger partial charge in [0.15, 0.2) is 10.9 Å². The second-order valence-electron chi connectivity index (χ2n) is 4.94. The van der Waals surface area contributed by atoms with Crippen molar-refractivity contribution < 1.29 is 14.1 Å². The van der Waals surface area contributed by atoms with Gasteiger partial charge in [-0.25, -0.2) is 9.78 Å². The smallest absolute Gasteiger partial charge is 0.325 e. The SMILES string of the molecule is COCc1csc(NC(=O)Nc2c(C)noc2C2CC2)n1. The molecule has 2 amide bonds. The highest BCUT2D eigenvalue weighted by Gasteiger charge is 2.32. The predicted octanol–water partition coefficient (Wildman–Crippen LogP) is 3.11. The lowest BCUT2D eigenvalue weighted by atomic mass is 10.2. The van der Waals surface area contributed by atoms with Crippen LogP contribution < -0.4 is 10.6 Å². The number of nitrogens with zero attached hydrogens (tertiary/aromatic N) is 2. The third-order valence-electron chi connectivity index (χ3n) is 3.14. The Morgan fingerprint density at radius 2 is 2.33 bits per heavy atom. The molecule has 21 heavy (non-hydrogen) atoms. The molecule has 112 valence electrons. The molecular weight excluding hydrogens is 292 g/mol. The number of anilines is 2. The molecule has 0 bridgehead atoms. The minimum Gasteiger partial charge on any atom is -0.378 e. The maximum Gasteiger partial charge on any atom is 0.325 e. The Hall–Kier alpha value is -1.93. The van der Waals surface area contributed by atoms with Gasteiger partial charge in [-0.3, -0.25) is 5.32 Å². The topological polar surface area (TPSA) is 89.3 Å². The van der Waals surface area contributed by atoms with E-state index in [2.05, 4.69) is 20.8 Å². The number of ether oxygens (including phenoxy) is 1. The van der Waals surface area contributed by atoms with Crippen molar-refractivity contribution >= 4 is 28.2 Å². The van der Waals surface area contributed by atoms with E-state index in [1.54, 1.807) is 7.11 Å². The molecule has 0 aromatic carbocycles. The number of amides is 2. The summed E-state index contributed by atoms with van der Waals surface area (Å²) in [6.07, 6.45) is 2.16. The van der Waals surface area contributed by atoms with Gasteiger partial charge < -0.3 is 14.6 Å². The molecule has 1 aliphatic rings. The molecule has 3 rings (SSSR count). The molecule has 0 radical (unpaired) electrons. The van der Waals surface area contributed by atoms with Gasteiger partial charge in [0.05, 0.1) is 12.3 Å². The molecule has 7 nitrogen and oxygen atoms in total. The minimum absolute atomic E-state index is 0.346. The average molecular weight is 308 g/mol. The van der Waals surface area contributed by atoms with Crippen LogP contribution in [0.25, 0.3) is 0 Å². The number of methoxy groups -OCH3 is 1. The summed E-state index contributed by atoms with van der Waals surface area (Å²) in [7, 11) is 1.60. The van der Waals surface area contributed by atoms with E-state index in [1.165, 1.54) is 11.3 Å². The van der Waals surface area contributed by atoms with E-state index in [0.717, 1.165) is 24.3 Å². The van der Waals surface area contributed by atoms with E-state index < -0.39 is 0 Å². The second kappa shape index (κ2) is 5.82. The first-order valence-electron chi connectivity index (χ1n) is 6.65. The van der Waals surface area contributed by atoms with Gasteiger partial charge in [-0.2, -0.15) is 0 Å². The third-order valence-corrected chi connectivity index (χ3v) is 3.95. The molecule has 1 saturated carbocycles. The van der Waals surface area contributed by atoms with E-state index in [1.807, 2.05) is 12.3 Å². The first-order valence-corrected chi connectivity index (χ1v) is 7.53. The van der Waals surface area contributed by atoms with Crippen LogP contribution >= 0.6 is 11.3 Å². The van der Waals surface area contributed by atoms with Gasteiger partial charge in [-0.05, 0) is 19.8 Å². The summed E-state index contributed by atoms with van der Waals surface area (Å²) in [6.45, 7) is 2.24. The normalized spacial score (nSPS) is 14.2. The van der Waals surface area contributed by atoms with Crippen molar-refractivity contribution in [3.8, 4) is 0 Å². The summed E-state index contributed by atoms with van der Waals surface area (Å²) in [5.74, 6) is 1.15. The Kier molecular flexibility index (Phi) is 3.89. The molecule has 0 saturated heterocycles. The van der Waals surface area contributed by atoms with Crippen molar-refractivity contribution in [3.05, 3.63) is 22.5 Å². The highest BCUT2D eigenvalue weighted by Crippen LogP contribution is 2.44. The van der Waals surface area contributed by atoms with Crippen LogP contribution in [-0.4, -0.2) is 23.3 Å². The maximum atomic E-state index is 12.0. The fourth-order valence-electron chi connectivity index (χ4n) is 1.98. The highest BCUT2D eigenvalue weighted by atomic mass is 32.1. The molecule has 1 aliphatic carbocycles. The lowest BCUT2D eigenvalue weighted by molar-refractivity contribution is 0.182. The van der Waals surface area contributed by atoms with Crippen LogP contribution in [-0.2, 0) is 11.3 Å². The monoisotopic (exact) mass is 308 g/mol. The van der Waals surface area contributed by atoms with Gasteiger partial charge in [0.2, 0.25) is 0 Å². The van der Waals surface area contributed by atoms with Crippen LogP contribution in [0.3, 0.4) is 0 Å². The Labute approximate surface area is 125 Å². The summed E-state index contributed by atoms with van der Waals surface area (Å²) in [5.41, 5.74) is 2.15. The van der Waals surface area contributed by atoms with Gasteiger partial charge in [0.25, 0.3) is 0 Å². The van der Waals surface area contributed by atoms with Gasteiger partial charge in [0, 0.05) is 18.4 Å². The molecule has 0 atom stereocenters.